The van der Waals surface area contributed by atoms with Crippen molar-refractivity contribution in [3.8, 4) is 5.69 Å². The summed E-state index contributed by atoms with van der Waals surface area (Å²) in [7, 11) is -3.00. The summed E-state index contributed by atoms with van der Waals surface area (Å²) in [6.45, 7) is 1.76. The molecule has 7 nitrogen and oxygen atoms in total. The zero-order valence-corrected chi connectivity index (χ0v) is 14.8. The van der Waals surface area contributed by atoms with Gasteiger partial charge in [-0.05, 0) is 25.5 Å². The van der Waals surface area contributed by atoms with Gasteiger partial charge in [-0.3, -0.25) is 4.79 Å². The Balaban J connectivity index is 1.58. The Morgan fingerprint density at radius 2 is 2.12 bits per heavy atom. The number of hydrogen-bond donors (Lipinski definition) is 1. The van der Waals surface area contributed by atoms with E-state index in [1.807, 2.05) is 30.3 Å². The summed E-state index contributed by atoms with van der Waals surface area (Å²) in [6, 6.07) is 9.29. The van der Waals surface area contributed by atoms with Gasteiger partial charge in [0, 0.05) is 6.04 Å². The number of aromatic nitrogens is 3. The van der Waals surface area contributed by atoms with Crippen LogP contribution >= 0.6 is 11.8 Å². The largest absolute Gasteiger partial charge is 0.351 e. The lowest BCUT2D eigenvalue weighted by atomic mass is 10.2. The quantitative estimate of drug-likeness (QED) is 0.795. The molecule has 9 heteroatoms. The molecule has 1 N–H and O–H groups in total. The molecule has 0 saturated carbocycles. The minimum Gasteiger partial charge on any atom is -0.351 e. The predicted octanol–water partition coefficient (Wildman–Crippen LogP) is 1.05. The van der Waals surface area contributed by atoms with E-state index in [1.165, 1.54) is 11.8 Å². The molecular weight excluding hydrogens is 348 g/mol. The number of carbonyl (C=O) groups is 1. The van der Waals surface area contributed by atoms with Crippen molar-refractivity contribution >= 4 is 27.5 Å². The molecule has 3 rings (SSSR count). The summed E-state index contributed by atoms with van der Waals surface area (Å²) >= 11 is 1.25. The van der Waals surface area contributed by atoms with Crippen LogP contribution in [0.3, 0.4) is 0 Å². The van der Waals surface area contributed by atoms with Gasteiger partial charge in [-0.15, -0.1) is 5.10 Å². The molecule has 2 aromatic rings. The summed E-state index contributed by atoms with van der Waals surface area (Å²) in [5, 5.41) is 7.24. The number of benzene rings is 1. The van der Waals surface area contributed by atoms with E-state index < -0.39 is 15.1 Å². The lowest BCUT2D eigenvalue weighted by Crippen LogP contribution is -2.39. The Hall–Kier alpha value is -1.87. The second-order valence-corrected chi connectivity index (χ2v) is 9.21. The first kappa shape index (κ1) is 17.0. The molecule has 1 aromatic heterocycles. The number of rotatable bonds is 5. The normalized spacial score (nSPS) is 20.6. The number of nitrogens with zero attached hydrogens (tertiary/aromatic N) is 3. The molecule has 128 valence electrons. The first-order chi connectivity index (χ1) is 11.4. The SMILES string of the molecule is C[C@H](Sc1ncn(-c2ccccc2)n1)C(=O)N[C@@H]1CCS(=O)(=O)C1. The third-order valence-corrected chi connectivity index (χ3v) is 6.46. The van der Waals surface area contributed by atoms with Crippen LogP contribution in [-0.4, -0.2) is 51.9 Å². The van der Waals surface area contributed by atoms with Gasteiger partial charge < -0.3 is 5.32 Å². The van der Waals surface area contributed by atoms with Gasteiger partial charge in [0.2, 0.25) is 11.1 Å². The fourth-order valence-electron chi connectivity index (χ4n) is 2.45. The van der Waals surface area contributed by atoms with Crippen LogP contribution in [0.4, 0.5) is 0 Å². The molecule has 0 radical (unpaired) electrons. The summed E-state index contributed by atoms with van der Waals surface area (Å²) in [4.78, 5) is 16.4. The van der Waals surface area contributed by atoms with Crippen molar-refractivity contribution in [3.63, 3.8) is 0 Å². The second kappa shape index (κ2) is 6.94. The highest BCUT2D eigenvalue weighted by Gasteiger charge is 2.30. The molecule has 24 heavy (non-hydrogen) atoms. The van der Waals surface area contributed by atoms with Crippen molar-refractivity contribution in [2.75, 3.05) is 11.5 Å². The van der Waals surface area contributed by atoms with Crippen molar-refractivity contribution in [1.29, 1.82) is 0 Å². The number of nitrogens with one attached hydrogen (secondary N) is 1. The summed E-state index contributed by atoms with van der Waals surface area (Å²) in [5.41, 5.74) is 0.894. The van der Waals surface area contributed by atoms with E-state index in [1.54, 1.807) is 17.9 Å². The standard InChI is InChI=1S/C15H18N4O3S2/c1-11(14(20)17-12-7-8-24(21,22)9-12)23-15-16-10-19(18-15)13-5-3-2-4-6-13/h2-6,10-12H,7-9H2,1H3,(H,17,20)/t11-,12+/m0/s1. The molecule has 2 heterocycles. The Labute approximate surface area is 144 Å². The average molecular weight is 366 g/mol. The highest BCUT2D eigenvalue weighted by molar-refractivity contribution is 8.00. The number of hydrogen-bond acceptors (Lipinski definition) is 6. The molecule has 1 fully saturated rings. The zero-order valence-electron chi connectivity index (χ0n) is 13.1. The fraction of sp³-hybridized carbons (Fsp3) is 0.400. The third kappa shape index (κ3) is 4.15. The van der Waals surface area contributed by atoms with E-state index >= 15 is 0 Å². The minimum atomic E-state index is -3.00. The highest BCUT2D eigenvalue weighted by atomic mass is 32.2. The van der Waals surface area contributed by atoms with Crippen LogP contribution in [-0.2, 0) is 14.6 Å². The third-order valence-electron chi connectivity index (χ3n) is 3.72. The van der Waals surface area contributed by atoms with E-state index in [-0.39, 0.29) is 23.5 Å². The zero-order chi connectivity index (χ0) is 17.2. The molecule has 0 bridgehead atoms. The molecule has 1 aliphatic rings. The topological polar surface area (TPSA) is 93.9 Å². The maximum Gasteiger partial charge on any atom is 0.233 e. The van der Waals surface area contributed by atoms with Gasteiger partial charge >= 0.3 is 0 Å². The second-order valence-electron chi connectivity index (χ2n) is 5.68. The molecular formula is C15H18N4O3S2. The maximum atomic E-state index is 12.2. The lowest BCUT2D eigenvalue weighted by molar-refractivity contribution is -0.120. The minimum absolute atomic E-state index is 0.0248. The molecule has 1 amide bonds. The first-order valence-electron chi connectivity index (χ1n) is 7.57. The Bertz CT molecular complexity index is 820. The number of para-hydroxylation sites is 1. The molecule has 1 saturated heterocycles. The van der Waals surface area contributed by atoms with Crippen molar-refractivity contribution in [2.45, 2.75) is 29.8 Å². The summed E-state index contributed by atoms with van der Waals surface area (Å²) < 4.78 is 24.5. The number of amides is 1. The maximum absolute atomic E-state index is 12.2. The van der Waals surface area contributed by atoms with Gasteiger partial charge in [0.15, 0.2) is 9.84 Å². The lowest BCUT2D eigenvalue weighted by Gasteiger charge is -2.14. The van der Waals surface area contributed by atoms with Gasteiger partial charge in [-0.2, -0.15) is 0 Å². The van der Waals surface area contributed by atoms with Crippen molar-refractivity contribution < 1.29 is 13.2 Å². The number of carbonyl (C=O) groups excluding carboxylic acids is 1. The van der Waals surface area contributed by atoms with Crippen LogP contribution in [0.5, 0.6) is 0 Å². The fourth-order valence-corrected chi connectivity index (χ4v) is 4.85. The van der Waals surface area contributed by atoms with E-state index in [0.29, 0.717) is 11.6 Å². The van der Waals surface area contributed by atoms with Gasteiger partial charge in [0.05, 0.1) is 22.4 Å². The number of sulfone groups is 1. The van der Waals surface area contributed by atoms with Gasteiger partial charge in [-0.25, -0.2) is 18.1 Å². The van der Waals surface area contributed by atoms with E-state index in [2.05, 4.69) is 15.4 Å². The van der Waals surface area contributed by atoms with Crippen LogP contribution in [0.2, 0.25) is 0 Å². The van der Waals surface area contributed by atoms with Gasteiger partial charge in [0.1, 0.15) is 6.33 Å². The molecule has 2 atom stereocenters. The van der Waals surface area contributed by atoms with Crippen LogP contribution < -0.4 is 5.32 Å². The Kier molecular flexibility index (Phi) is 4.91. The van der Waals surface area contributed by atoms with Gasteiger partial charge in [0.25, 0.3) is 0 Å². The Morgan fingerprint density at radius 1 is 1.38 bits per heavy atom. The Morgan fingerprint density at radius 3 is 2.79 bits per heavy atom. The van der Waals surface area contributed by atoms with Crippen molar-refractivity contribution in [1.82, 2.24) is 20.1 Å². The molecule has 0 aliphatic carbocycles. The van der Waals surface area contributed by atoms with Crippen LogP contribution in [0.15, 0.2) is 41.8 Å². The molecule has 0 unspecified atom stereocenters. The van der Waals surface area contributed by atoms with Crippen molar-refractivity contribution in [2.24, 2.45) is 0 Å². The predicted molar refractivity (Wildman–Crippen MR) is 91.9 cm³/mol. The monoisotopic (exact) mass is 366 g/mol. The molecule has 1 aliphatic heterocycles. The smallest absolute Gasteiger partial charge is 0.233 e. The van der Waals surface area contributed by atoms with E-state index in [4.69, 9.17) is 0 Å². The van der Waals surface area contributed by atoms with E-state index in [9.17, 15) is 13.2 Å². The van der Waals surface area contributed by atoms with Crippen LogP contribution in [0, 0.1) is 0 Å². The average Bonchev–Trinajstić information content (AvgIpc) is 3.14. The van der Waals surface area contributed by atoms with Gasteiger partial charge in [-0.1, -0.05) is 30.0 Å². The van der Waals surface area contributed by atoms with Crippen LogP contribution in [0.1, 0.15) is 13.3 Å². The molecule has 1 aromatic carbocycles. The first-order valence-corrected chi connectivity index (χ1v) is 10.3. The highest BCUT2D eigenvalue weighted by Crippen LogP contribution is 2.21. The summed E-state index contributed by atoms with van der Waals surface area (Å²) in [6.07, 6.45) is 2.08. The number of thioether (sulfide) groups is 1. The molecule has 0 spiro atoms. The summed E-state index contributed by atoms with van der Waals surface area (Å²) in [5.74, 6) is -0.0300. The van der Waals surface area contributed by atoms with E-state index in [0.717, 1.165) is 5.69 Å². The van der Waals surface area contributed by atoms with Crippen LogP contribution in [0.25, 0.3) is 5.69 Å². The van der Waals surface area contributed by atoms with Crippen molar-refractivity contribution in [3.05, 3.63) is 36.7 Å².